The Hall–Kier alpha value is -0.610. The molecule has 0 unspecified atom stereocenters. The molecule has 100 valence electrons. The number of nitrogens with two attached hydrogens (primary N) is 1. The Balaban J connectivity index is 2.08. The second-order valence-corrected chi connectivity index (χ2v) is 4.77. The number of hydrogen-bond acceptors (Lipinski definition) is 3. The van der Waals surface area contributed by atoms with E-state index in [4.69, 9.17) is 10.5 Å². The summed E-state index contributed by atoms with van der Waals surface area (Å²) in [6.07, 6.45) is 7.36. The number of piperidine rings is 1. The van der Waals surface area contributed by atoms with E-state index in [1.807, 2.05) is 4.90 Å². The van der Waals surface area contributed by atoms with Crippen LogP contribution < -0.4 is 5.73 Å². The molecule has 0 aromatic rings. The van der Waals surface area contributed by atoms with Crippen molar-refractivity contribution in [2.45, 2.75) is 51.0 Å². The van der Waals surface area contributed by atoms with Gasteiger partial charge in [0.15, 0.2) is 0 Å². The monoisotopic (exact) mass is 242 g/mol. The lowest BCUT2D eigenvalue weighted by atomic mass is 10.1. The fourth-order valence-electron chi connectivity index (χ4n) is 2.27. The van der Waals surface area contributed by atoms with Gasteiger partial charge in [0.2, 0.25) is 5.91 Å². The van der Waals surface area contributed by atoms with Crippen molar-refractivity contribution < 1.29 is 9.53 Å². The molecule has 4 nitrogen and oxygen atoms in total. The van der Waals surface area contributed by atoms with E-state index in [0.29, 0.717) is 18.4 Å². The van der Waals surface area contributed by atoms with Gasteiger partial charge in [-0.2, -0.15) is 0 Å². The van der Waals surface area contributed by atoms with E-state index < -0.39 is 0 Å². The second-order valence-electron chi connectivity index (χ2n) is 4.77. The van der Waals surface area contributed by atoms with Crippen LogP contribution in [0.1, 0.15) is 44.9 Å². The van der Waals surface area contributed by atoms with Crippen LogP contribution in [0.4, 0.5) is 0 Å². The number of hydrogen-bond donors (Lipinski definition) is 1. The zero-order valence-electron chi connectivity index (χ0n) is 11.0. The summed E-state index contributed by atoms with van der Waals surface area (Å²) in [4.78, 5) is 13.9. The number of unbranched alkanes of at least 4 members (excludes halogenated alkanes) is 3. The van der Waals surface area contributed by atoms with Gasteiger partial charge in [-0.05, 0) is 32.2 Å². The minimum atomic E-state index is 0.312. The molecule has 4 heteroatoms. The van der Waals surface area contributed by atoms with Crippen LogP contribution in [0.15, 0.2) is 0 Å². The summed E-state index contributed by atoms with van der Waals surface area (Å²) in [6, 6.07) is 0. The summed E-state index contributed by atoms with van der Waals surface area (Å²) < 4.78 is 5.29. The summed E-state index contributed by atoms with van der Waals surface area (Å²) in [5, 5.41) is 0. The van der Waals surface area contributed by atoms with E-state index in [2.05, 4.69) is 0 Å². The van der Waals surface area contributed by atoms with E-state index in [-0.39, 0.29) is 0 Å². The highest BCUT2D eigenvalue weighted by molar-refractivity contribution is 5.76. The molecule has 0 radical (unpaired) electrons. The number of likely N-dealkylation sites (tertiary alicyclic amines) is 1. The van der Waals surface area contributed by atoms with Crippen molar-refractivity contribution in [3.63, 3.8) is 0 Å². The van der Waals surface area contributed by atoms with Crippen LogP contribution in [-0.4, -0.2) is 43.7 Å². The van der Waals surface area contributed by atoms with Crippen molar-refractivity contribution in [1.29, 1.82) is 0 Å². The highest BCUT2D eigenvalue weighted by Gasteiger charge is 2.21. The molecule has 1 heterocycles. The number of carbonyl (C=O) groups is 1. The summed E-state index contributed by atoms with van der Waals surface area (Å²) >= 11 is 0. The molecular weight excluding hydrogens is 216 g/mol. The number of carbonyl (C=O) groups excluding carboxylic acids is 1. The molecule has 0 saturated carbocycles. The predicted octanol–water partition coefficient (Wildman–Crippen LogP) is 1.53. The Labute approximate surface area is 104 Å². The molecule has 1 amide bonds. The fourth-order valence-corrected chi connectivity index (χ4v) is 2.27. The Morgan fingerprint density at radius 3 is 2.47 bits per heavy atom. The van der Waals surface area contributed by atoms with Crippen molar-refractivity contribution in [2.75, 3.05) is 26.7 Å². The van der Waals surface area contributed by atoms with Crippen LogP contribution in [0, 0.1) is 0 Å². The zero-order chi connectivity index (χ0) is 12.5. The summed E-state index contributed by atoms with van der Waals surface area (Å²) in [5.41, 5.74) is 5.43. The zero-order valence-corrected chi connectivity index (χ0v) is 11.0. The quantitative estimate of drug-likeness (QED) is 0.689. The van der Waals surface area contributed by atoms with Gasteiger partial charge in [0.05, 0.1) is 6.10 Å². The van der Waals surface area contributed by atoms with Crippen LogP contribution in [0.2, 0.25) is 0 Å². The standard InChI is InChI=1S/C13H26N2O2/c1-17-12-7-10-15(11-8-12)13(16)6-4-2-3-5-9-14/h12H,2-11,14H2,1H3. The van der Waals surface area contributed by atoms with Crippen molar-refractivity contribution in [3.05, 3.63) is 0 Å². The first-order valence-electron chi connectivity index (χ1n) is 6.78. The third-order valence-corrected chi connectivity index (χ3v) is 3.47. The van der Waals surface area contributed by atoms with Gasteiger partial charge < -0.3 is 15.4 Å². The Kier molecular flexibility index (Phi) is 7.21. The van der Waals surface area contributed by atoms with Gasteiger partial charge in [-0.15, -0.1) is 0 Å². The lowest BCUT2D eigenvalue weighted by molar-refractivity contribution is -0.133. The first-order valence-corrected chi connectivity index (χ1v) is 6.78. The van der Waals surface area contributed by atoms with Gasteiger partial charge in [-0.25, -0.2) is 0 Å². The Bertz CT molecular complexity index is 213. The minimum absolute atomic E-state index is 0.312. The maximum absolute atomic E-state index is 11.9. The van der Waals surface area contributed by atoms with Gasteiger partial charge in [0.1, 0.15) is 0 Å². The Morgan fingerprint density at radius 1 is 1.24 bits per heavy atom. The number of amides is 1. The maximum Gasteiger partial charge on any atom is 0.222 e. The van der Waals surface area contributed by atoms with E-state index in [0.717, 1.165) is 58.2 Å². The minimum Gasteiger partial charge on any atom is -0.381 e. The molecule has 1 rings (SSSR count). The molecular formula is C13H26N2O2. The van der Waals surface area contributed by atoms with Gasteiger partial charge in [0.25, 0.3) is 0 Å². The highest BCUT2D eigenvalue weighted by atomic mass is 16.5. The third-order valence-electron chi connectivity index (χ3n) is 3.47. The smallest absolute Gasteiger partial charge is 0.222 e. The summed E-state index contributed by atoms with van der Waals surface area (Å²) in [7, 11) is 1.75. The predicted molar refractivity (Wildman–Crippen MR) is 68.8 cm³/mol. The molecule has 1 fully saturated rings. The molecule has 1 aliphatic heterocycles. The van der Waals surface area contributed by atoms with Gasteiger partial charge >= 0.3 is 0 Å². The van der Waals surface area contributed by atoms with E-state index in [9.17, 15) is 4.79 Å². The number of ether oxygens (including phenoxy) is 1. The third kappa shape index (κ3) is 5.50. The molecule has 0 atom stereocenters. The van der Waals surface area contributed by atoms with Crippen LogP contribution in [0.5, 0.6) is 0 Å². The van der Waals surface area contributed by atoms with Gasteiger partial charge in [0, 0.05) is 26.6 Å². The second kappa shape index (κ2) is 8.48. The molecule has 0 aliphatic carbocycles. The lowest BCUT2D eigenvalue weighted by Gasteiger charge is -2.31. The molecule has 1 saturated heterocycles. The van der Waals surface area contributed by atoms with E-state index in [1.165, 1.54) is 0 Å². The summed E-state index contributed by atoms with van der Waals surface area (Å²) in [5.74, 6) is 0.312. The van der Waals surface area contributed by atoms with Crippen molar-refractivity contribution >= 4 is 5.91 Å². The number of nitrogens with zero attached hydrogens (tertiary/aromatic N) is 1. The average Bonchev–Trinajstić information content (AvgIpc) is 2.38. The van der Waals surface area contributed by atoms with Crippen molar-refractivity contribution in [2.24, 2.45) is 5.73 Å². The largest absolute Gasteiger partial charge is 0.381 e. The van der Waals surface area contributed by atoms with Crippen LogP contribution >= 0.6 is 0 Å². The SMILES string of the molecule is COC1CCN(C(=O)CCCCCCN)CC1. The van der Waals surface area contributed by atoms with Gasteiger partial charge in [-0.1, -0.05) is 12.8 Å². The van der Waals surface area contributed by atoms with Crippen LogP contribution in [0.25, 0.3) is 0 Å². The highest BCUT2D eigenvalue weighted by Crippen LogP contribution is 2.14. The van der Waals surface area contributed by atoms with E-state index in [1.54, 1.807) is 7.11 Å². The summed E-state index contributed by atoms with van der Waals surface area (Å²) in [6.45, 7) is 2.48. The van der Waals surface area contributed by atoms with Crippen molar-refractivity contribution in [3.8, 4) is 0 Å². The molecule has 1 aliphatic rings. The van der Waals surface area contributed by atoms with Crippen LogP contribution in [0.3, 0.4) is 0 Å². The maximum atomic E-state index is 11.9. The molecule has 0 spiro atoms. The average molecular weight is 242 g/mol. The molecule has 0 bridgehead atoms. The Morgan fingerprint density at radius 2 is 1.88 bits per heavy atom. The number of methoxy groups -OCH3 is 1. The molecule has 0 aromatic heterocycles. The fraction of sp³-hybridized carbons (Fsp3) is 0.923. The lowest BCUT2D eigenvalue weighted by Crippen LogP contribution is -2.40. The van der Waals surface area contributed by atoms with Crippen molar-refractivity contribution in [1.82, 2.24) is 4.90 Å². The molecule has 17 heavy (non-hydrogen) atoms. The first-order chi connectivity index (χ1) is 8.27. The number of rotatable bonds is 7. The topological polar surface area (TPSA) is 55.6 Å². The normalized spacial score (nSPS) is 17.4. The molecule has 0 aromatic carbocycles. The first kappa shape index (κ1) is 14.5. The molecule has 2 N–H and O–H groups in total. The van der Waals surface area contributed by atoms with E-state index >= 15 is 0 Å². The van der Waals surface area contributed by atoms with Gasteiger partial charge in [-0.3, -0.25) is 4.79 Å². The van der Waals surface area contributed by atoms with Crippen LogP contribution in [-0.2, 0) is 9.53 Å².